The summed E-state index contributed by atoms with van der Waals surface area (Å²) in [5.41, 5.74) is 0. The molecule has 0 saturated heterocycles. The Morgan fingerprint density at radius 2 is 1.86 bits per heavy atom. The van der Waals surface area contributed by atoms with Gasteiger partial charge in [-0.2, -0.15) is 0 Å². The van der Waals surface area contributed by atoms with E-state index in [0.29, 0.717) is 32.3 Å². The summed E-state index contributed by atoms with van der Waals surface area (Å²) in [5, 5.41) is 21.5. The first-order valence-corrected chi connectivity index (χ1v) is 8.39. The maximum Gasteiger partial charge on any atom is 0.0897 e. The second kappa shape index (κ2) is 16.2. The van der Waals surface area contributed by atoms with E-state index in [1.165, 1.54) is 19.3 Å². The number of aliphatic hydroxyl groups is 2. The van der Waals surface area contributed by atoms with Crippen molar-refractivity contribution in [2.75, 3.05) is 46.1 Å². The third-order valence-electron chi connectivity index (χ3n) is 3.46. The van der Waals surface area contributed by atoms with Gasteiger partial charge in [0.2, 0.25) is 0 Å². The van der Waals surface area contributed by atoms with Gasteiger partial charge in [-0.15, -0.1) is 0 Å². The van der Waals surface area contributed by atoms with Crippen molar-refractivity contribution in [1.82, 2.24) is 5.32 Å². The van der Waals surface area contributed by atoms with Gasteiger partial charge in [-0.3, -0.25) is 0 Å². The van der Waals surface area contributed by atoms with Crippen LogP contribution in [0, 0.1) is 5.92 Å². The minimum absolute atomic E-state index is 0.0699. The summed E-state index contributed by atoms with van der Waals surface area (Å²) in [6.07, 6.45) is 5.27. The van der Waals surface area contributed by atoms with E-state index in [9.17, 15) is 5.11 Å². The van der Waals surface area contributed by atoms with Gasteiger partial charge in [-0.1, -0.05) is 33.1 Å². The molecular formula is C16H35NO4. The smallest absolute Gasteiger partial charge is 0.0897 e. The van der Waals surface area contributed by atoms with Crippen LogP contribution in [0.2, 0.25) is 0 Å². The zero-order valence-corrected chi connectivity index (χ0v) is 13.9. The SMILES string of the molecule is CCCCC(CC)COCC(O)CNCCCOCCO. The predicted octanol–water partition coefficient (Wildman–Crippen LogP) is 1.57. The van der Waals surface area contributed by atoms with Gasteiger partial charge in [-0.25, -0.2) is 0 Å². The van der Waals surface area contributed by atoms with Crippen molar-refractivity contribution < 1.29 is 19.7 Å². The highest BCUT2D eigenvalue weighted by atomic mass is 16.5. The van der Waals surface area contributed by atoms with Crippen LogP contribution in [0.3, 0.4) is 0 Å². The van der Waals surface area contributed by atoms with E-state index in [4.69, 9.17) is 14.6 Å². The first-order chi connectivity index (χ1) is 10.2. The molecule has 0 aromatic carbocycles. The zero-order valence-electron chi connectivity index (χ0n) is 13.9. The van der Waals surface area contributed by atoms with Crippen molar-refractivity contribution in [2.45, 2.75) is 52.1 Å². The molecule has 5 nitrogen and oxygen atoms in total. The first kappa shape index (κ1) is 20.8. The predicted molar refractivity (Wildman–Crippen MR) is 85.5 cm³/mol. The van der Waals surface area contributed by atoms with Crippen molar-refractivity contribution in [1.29, 1.82) is 0 Å². The van der Waals surface area contributed by atoms with Gasteiger partial charge in [0.25, 0.3) is 0 Å². The van der Waals surface area contributed by atoms with Crippen LogP contribution in [0.5, 0.6) is 0 Å². The lowest BCUT2D eigenvalue weighted by atomic mass is 10.0. The highest BCUT2D eigenvalue weighted by Gasteiger charge is 2.08. The van der Waals surface area contributed by atoms with Crippen molar-refractivity contribution in [3.8, 4) is 0 Å². The minimum Gasteiger partial charge on any atom is -0.394 e. The van der Waals surface area contributed by atoms with Crippen LogP contribution in [0.4, 0.5) is 0 Å². The number of aliphatic hydroxyl groups excluding tert-OH is 2. The Morgan fingerprint density at radius 1 is 1.05 bits per heavy atom. The molecule has 3 N–H and O–H groups in total. The highest BCUT2D eigenvalue weighted by Crippen LogP contribution is 2.12. The van der Waals surface area contributed by atoms with Crippen LogP contribution in [0.15, 0.2) is 0 Å². The Labute approximate surface area is 130 Å². The van der Waals surface area contributed by atoms with E-state index in [0.717, 1.165) is 26.0 Å². The Morgan fingerprint density at radius 3 is 2.52 bits per heavy atom. The molecule has 0 spiro atoms. The molecule has 0 aromatic heterocycles. The van der Waals surface area contributed by atoms with Crippen LogP contribution in [0.1, 0.15) is 46.0 Å². The summed E-state index contributed by atoms with van der Waals surface area (Å²) in [5.74, 6) is 0.619. The lowest BCUT2D eigenvalue weighted by molar-refractivity contribution is 0.0191. The zero-order chi connectivity index (χ0) is 15.8. The van der Waals surface area contributed by atoms with Crippen LogP contribution in [0.25, 0.3) is 0 Å². The molecule has 0 aromatic rings. The number of hydrogen-bond acceptors (Lipinski definition) is 5. The van der Waals surface area contributed by atoms with E-state index in [1.54, 1.807) is 0 Å². The molecule has 2 unspecified atom stereocenters. The molecule has 5 heteroatoms. The van der Waals surface area contributed by atoms with Crippen LogP contribution in [-0.4, -0.2) is 62.4 Å². The van der Waals surface area contributed by atoms with Crippen molar-refractivity contribution in [2.24, 2.45) is 5.92 Å². The average Bonchev–Trinajstić information content (AvgIpc) is 2.49. The molecule has 0 amide bonds. The number of unbranched alkanes of at least 4 members (excludes halogenated alkanes) is 1. The van der Waals surface area contributed by atoms with Gasteiger partial charge in [0, 0.05) is 19.8 Å². The Bertz CT molecular complexity index is 205. The molecule has 2 atom stereocenters. The maximum atomic E-state index is 9.80. The summed E-state index contributed by atoms with van der Waals surface area (Å²) in [4.78, 5) is 0. The fourth-order valence-corrected chi connectivity index (χ4v) is 2.06. The molecule has 0 aliphatic heterocycles. The molecule has 0 rings (SSSR count). The molecular weight excluding hydrogens is 270 g/mol. The molecule has 21 heavy (non-hydrogen) atoms. The first-order valence-electron chi connectivity index (χ1n) is 8.39. The van der Waals surface area contributed by atoms with Crippen molar-refractivity contribution in [3.05, 3.63) is 0 Å². The highest BCUT2D eigenvalue weighted by molar-refractivity contribution is 4.60. The van der Waals surface area contributed by atoms with E-state index >= 15 is 0 Å². The number of rotatable bonds is 16. The fraction of sp³-hybridized carbons (Fsp3) is 1.00. The van der Waals surface area contributed by atoms with E-state index in [2.05, 4.69) is 19.2 Å². The second-order valence-electron chi connectivity index (χ2n) is 5.50. The summed E-state index contributed by atoms with van der Waals surface area (Å²) < 4.78 is 10.8. The van der Waals surface area contributed by atoms with Gasteiger partial charge < -0.3 is 25.0 Å². The summed E-state index contributed by atoms with van der Waals surface area (Å²) in [6, 6.07) is 0. The standard InChI is InChI=1S/C16H35NO4/c1-3-5-7-15(4-2)13-21-14-16(19)12-17-8-6-10-20-11-9-18/h15-19H,3-14H2,1-2H3. The molecule has 0 saturated carbocycles. The maximum absolute atomic E-state index is 9.80. The summed E-state index contributed by atoms with van der Waals surface area (Å²) in [6.45, 7) is 8.00. The molecule has 0 bridgehead atoms. The largest absolute Gasteiger partial charge is 0.394 e. The van der Waals surface area contributed by atoms with Crippen LogP contribution < -0.4 is 5.32 Å². The normalized spacial score (nSPS) is 14.3. The van der Waals surface area contributed by atoms with Gasteiger partial charge in [0.05, 0.1) is 25.9 Å². The molecule has 0 aliphatic rings. The van der Waals surface area contributed by atoms with E-state index in [1.807, 2.05) is 0 Å². The fourth-order valence-electron chi connectivity index (χ4n) is 2.06. The Balaban J connectivity index is 3.38. The molecule has 0 aliphatic carbocycles. The van der Waals surface area contributed by atoms with E-state index in [-0.39, 0.29) is 6.61 Å². The lowest BCUT2D eigenvalue weighted by Gasteiger charge is -2.17. The summed E-state index contributed by atoms with van der Waals surface area (Å²) >= 11 is 0. The van der Waals surface area contributed by atoms with Gasteiger partial charge >= 0.3 is 0 Å². The molecule has 128 valence electrons. The quantitative estimate of drug-likeness (QED) is 0.378. The third kappa shape index (κ3) is 14.5. The minimum atomic E-state index is -0.452. The number of nitrogens with one attached hydrogen (secondary N) is 1. The van der Waals surface area contributed by atoms with Crippen molar-refractivity contribution >= 4 is 0 Å². The molecule has 0 heterocycles. The number of hydrogen-bond donors (Lipinski definition) is 3. The molecule has 0 fully saturated rings. The Kier molecular flexibility index (Phi) is 16.0. The van der Waals surface area contributed by atoms with E-state index < -0.39 is 6.10 Å². The summed E-state index contributed by atoms with van der Waals surface area (Å²) in [7, 11) is 0. The van der Waals surface area contributed by atoms with Crippen molar-refractivity contribution in [3.63, 3.8) is 0 Å². The third-order valence-corrected chi connectivity index (χ3v) is 3.46. The Hall–Kier alpha value is -0.200. The second-order valence-corrected chi connectivity index (χ2v) is 5.50. The monoisotopic (exact) mass is 305 g/mol. The lowest BCUT2D eigenvalue weighted by Crippen LogP contribution is -2.32. The van der Waals surface area contributed by atoms with Gasteiger partial charge in [-0.05, 0) is 25.3 Å². The van der Waals surface area contributed by atoms with Gasteiger partial charge in [0.15, 0.2) is 0 Å². The van der Waals surface area contributed by atoms with Gasteiger partial charge in [0.1, 0.15) is 0 Å². The molecule has 0 radical (unpaired) electrons. The van der Waals surface area contributed by atoms with Crippen LogP contribution in [-0.2, 0) is 9.47 Å². The average molecular weight is 305 g/mol. The van der Waals surface area contributed by atoms with Crippen LogP contribution >= 0.6 is 0 Å². The number of ether oxygens (including phenoxy) is 2. The topological polar surface area (TPSA) is 71.0 Å².